The fraction of sp³-hybridized carbons (Fsp3) is 0.429. The average molecular weight is 338 g/mol. The van der Waals surface area contributed by atoms with Gasteiger partial charge in [-0.25, -0.2) is 0 Å². The van der Waals surface area contributed by atoms with E-state index in [1.54, 1.807) is 16.8 Å². The van der Waals surface area contributed by atoms with Crippen LogP contribution in [0.15, 0.2) is 53.5 Å². The van der Waals surface area contributed by atoms with E-state index in [2.05, 4.69) is 24.3 Å². The Balaban J connectivity index is 1.72. The number of carbonyl (C=O) groups is 1. The second-order valence-electron chi connectivity index (χ2n) is 6.71. The smallest absolute Gasteiger partial charge is 0.254 e. The zero-order chi connectivity index (χ0) is 17.6. The highest BCUT2D eigenvalue weighted by molar-refractivity contribution is 5.94. The molecule has 2 aromatic rings. The Morgan fingerprint density at radius 1 is 1.16 bits per heavy atom. The molecule has 0 aliphatic carbocycles. The number of likely N-dealkylation sites (tertiary alicyclic amines) is 1. The van der Waals surface area contributed by atoms with Crippen LogP contribution < -0.4 is 5.56 Å². The van der Waals surface area contributed by atoms with Gasteiger partial charge in [0.25, 0.3) is 11.5 Å². The summed E-state index contributed by atoms with van der Waals surface area (Å²) in [6.45, 7) is 3.33. The Hall–Kier alpha value is -2.36. The van der Waals surface area contributed by atoms with Crippen molar-refractivity contribution in [2.75, 3.05) is 6.54 Å². The molecule has 132 valence electrons. The summed E-state index contributed by atoms with van der Waals surface area (Å²) in [5, 5.41) is 0. The molecule has 0 radical (unpaired) electrons. The van der Waals surface area contributed by atoms with E-state index >= 15 is 0 Å². The van der Waals surface area contributed by atoms with E-state index in [9.17, 15) is 9.59 Å². The summed E-state index contributed by atoms with van der Waals surface area (Å²) in [5.41, 5.74) is 1.72. The van der Waals surface area contributed by atoms with Crippen LogP contribution in [0.1, 0.15) is 48.5 Å². The van der Waals surface area contributed by atoms with Gasteiger partial charge in [-0.15, -0.1) is 0 Å². The van der Waals surface area contributed by atoms with Crippen LogP contribution in [-0.2, 0) is 13.0 Å². The van der Waals surface area contributed by atoms with Gasteiger partial charge < -0.3 is 9.47 Å². The van der Waals surface area contributed by atoms with Gasteiger partial charge in [-0.1, -0.05) is 30.3 Å². The Kier molecular flexibility index (Phi) is 5.69. The van der Waals surface area contributed by atoms with Gasteiger partial charge in [0.05, 0.1) is 0 Å². The molecule has 1 amide bonds. The molecule has 25 heavy (non-hydrogen) atoms. The van der Waals surface area contributed by atoms with Crippen molar-refractivity contribution in [3.8, 4) is 0 Å². The molecule has 4 nitrogen and oxygen atoms in total. The summed E-state index contributed by atoms with van der Waals surface area (Å²) in [4.78, 5) is 27.0. The molecule has 1 aliphatic rings. The van der Waals surface area contributed by atoms with E-state index in [1.807, 2.05) is 17.9 Å². The van der Waals surface area contributed by atoms with Crippen molar-refractivity contribution in [3.05, 3.63) is 70.1 Å². The van der Waals surface area contributed by atoms with Crippen LogP contribution in [0.2, 0.25) is 0 Å². The third kappa shape index (κ3) is 4.19. The van der Waals surface area contributed by atoms with Gasteiger partial charge in [-0.2, -0.15) is 0 Å². The van der Waals surface area contributed by atoms with Crippen LogP contribution in [0.4, 0.5) is 0 Å². The molecule has 1 aliphatic heterocycles. The number of rotatable bonds is 5. The fourth-order valence-electron chi connectivity index (χ4n) is 3.61. The van der Waals surface area contributed by atoms with Crippen molar-refractivity contribution in [3.63, 3.8) is 0 Å². The van der Waals surface area contributed by atoms with Gasteiger partial charge in [-0.3, -0.25) is 9.59 Å². The van der Waals surface area contributed by atoms with Crippen LogP contribution in [0, 0.1) is 0 Å². The van der Waals surface area contributed by atoms with Gasteiger partial charge in [-0.05, 0) is 50.7 Å². The van der Waals surface area contributed by atoms with Crippen molar-refractivity contribution in [2.24, 2.45) is 0 Å². The lowest BCUT2D eigenvalue weighted by Gasteiger charge is -2.36. The number of hydrogen-bond donors (Lipinski definition) is 0. The second kappa shape index (κ2) is 8.15. The molecule has 1 saturated heterocycles. The molecule has 3 rings (SSSR count). The number of aromatic nitrogens is 1. The van der Waals surface area contributed by atoms with E-state index in [0.29, 0.717) is 12.1 Å². The molecular formula is C21H26N2O2. The van der Waals surface area contributed by atoms with Gasteiger partial charge in [0.15, 0.2) is 0 Å². The van der Waals surface area contributed by atoms with E-state index in [0.717, 1.165) is 32.2 Å². The minimum absolute atomic E-state index is 0.00175. The maximum absolute atomic E-state index is 13.0. The topological polar surface area (TPSA) is 42.3 Å². The van der Waals surface area contributed by atoms with Gasteiger partial charge in [0.2, 0.25) is 0 Å². The molecule has 4 heteroatoms. The molecule has 2 heterocycles. The minimum Gasteiger partial charge on any atom is -0.336 e. The summed E-state index contributed by atoms with van der Waals surface area (Å²) in [5.74, 6) is -0.00175. The number of benzene rings is 1. The van der Waals surface area contributed by atoms with E-state index in [-0.39, 0.29) is 17.5 Å². The number of amides is 1. The highest BCUT2D eigenvalue weighted by Gasteiger charge is 2.27. The van der Waals surface area contributed by atoms with Crippen molar-refractivity contribution in [2.45, 2.75) is 51.6 Å². The van der Waals surface area contributed by atoms with Gasteiger partial charge in [0.1, 0.15) is 0 Å². The lowest BCUT2D eigenvalue weighted by atomic mass is 9.95. The summed E-state index contributed by atoms with van der Waals surface area (Å²) < 4.78 is 1.61. The van der Waals surface area contributed by atoms with Crippen LogP contribution in [0.25, 0.3) is 0 Å². The predicted octanol–water partition coefficient (Wildman–Crippen LogP) is 3.50. The van der Waals surface area contributed by atoms with E-state index < -0.39 is 0 Å². The van der Waals surface area contributed by atoms with Gasteiger partial charge >= 0.3 is 0 Å². The molecule has 1 aromatic heterocycles. The van der Waals surface area contributed by atoms with Crippen molar-refractivity contribution in [1.82, 2.24) is 9.47 Å². The number of carbonyl (C=O) groups excluding carboxylic acids is 1. The summed E-state index contributed by atoms with van der Waals surface area (Å²) in [6.07, 6.45) is 6.93. The number of nitrogens with zero attached hydrogens (tertiary/aromatic N) is 2. The highest BCUT2D eigenvalue weighted by Crippen LogP contribution is 2.23. The number of hydrogen-bond acceptors (Lipinski definition) is 2. The van der Waals surface area contributed by atoms with E-state index in [1.165, 1.54) is 18.1 Å². The zero-order valence-electron chi connectivity index (χ0n) is 14.9. The Morgan fingerprint density at radius 3 is 2.68 bits per heavy atom. The highest BCUT2D eigenvalue weighted by atomic mass is 16.2. The lowest BCUT2D eigenvalue weighted by molar-refractivity contribution is 0.0601. The van der Waals surface area contributed by atoms with E-state index in [4.69, 9.17) is 0 Å². The Bertz CT molecular complexity index is 767. The first-order valence-corrected chi connectivity index (χ1v) is 9.24. The molecule has 1 aromatic carbocycles. The number of pyridine rings is 1. The quantitative estimate of drug-likeness (QED) is 0.837. The molecule has 1 fully saturated rings. The Labute approximate surface area is 149 Å². The maximum atomic E-state index is 13.0. The third-order valence-corrected chi connectivity index (χ3v) is 5.08. The first kappa shape index (κ1) is 17.5. The molecule has 1 atom stereocenters. The van der Waals surface area contributed by atoms with Crippen LogP contribution >= 0.6 is 0 Å². The van der Waals surface area contributed by atoms with Crippen LogP contribution in [0.3, 0.4) is 0 Å². The number of aryl methyl sites for hydroxylation is 2. The minimum atomic E-state index is -0.105. The molecule has 0 unspecified atom stereocenters. The first-order chi connectivity index (χ1) is 12.2. The fourth-order valence-corrected chi connectivity index (χ4v) is 3.61. The van der Waals surface area contributed by atoms with Crippen LogP contribution in [0.5, 0.6) is 0 Å². The summed E-state index contributed by atoms with van der Waals surface area (Å²) in [6, 6.07) is 13.9. The monoisotopic (exact) mass is 338 g/mol. The van der Waals surface area contributed by atoms with Crippen LogP contribution in [-0.4, -0.2) is 28.0 Å². The third-order valence-electron chi connectivity index (χ3n) is 5.08. The summed E-state index contributed by atoms with van der Waals surface area (Å²) >= 11 is 0. The predicted molar refractivity (Wildman–Crippen MR) is 99.8 cm³/mol. The summed E-state index contributed by atoms with van der Waals surface area (Å²) in [7, 11) is 0. The van der Waals surface area contributed by atoms with Crippen molar-refractivity contribution < 1.29 is 4.79 Å². The average Bonchev–Trinajstić information content (AvgIpc) is 2.67. The normalized spacial score (nSPS) is 17.5. The lowest BCUT2D eigenvalue weighted by Crippen LogP contribution is -2.44. The standard InChI is InChI=1S/C21H26N2O2/c1-2-22-15-13-18(16-20(22)24)21(25)23-14-7-6-10-19(23)12-11-17-8-4-3-5-9-17/h3-5,8-9,13,15-16,19H,2,6-7,10-12,14H2,1H3/t19-/m1/s1. The molecular weight excluding hydrogens is 312 g/mol. The largest absolute Gasteiger partial charge is 0.336 e. The second-order valence-corrected chi connectivity index (χ2v) is 6.71. The zero-order valence-corrected chi connectivity index (χ0v) is 14.9. The number of piperidine rings is 1. The maximum Gasteiger partial charge on any atom is 0.254 e. The van der Waals surface area contributed by atoms with Gasteiger partial charge in [0, 0.05) is 37.0 Å². The SMILES string of the molecule is CCn1ccc(C(=O)N2CCCC[C@@H]2CCc2ccccc2)cc1=O. The molecule has 0 bridgehead atoms. The first-order valence-electron chi connectivity index (χ1n) is 9.24. The molecule has 0 spiro atoms. The van der Waals surface area contributed by atoms with Crippen molar-refractivity contribution >= 4 is 5.91 Å². The Morgan fingerprint density at radius 2 is 1.96 bits per heavy atom. The van der Waals surface area contributed by atoms with Crippen molar-refractivity contribution in [1.29, 1.82) is 0 Å². The molecule has 0 saturated carbocycles. The molecule has 0 N–H and O–H groups in total.